The van der Waals surface area contributed by atoms with Gasteiger partial charge in [0, 0.05) is 17.7 Å². The topological polar surface area (TPSA) is 75.6 Å². The zero-order valence-electron chi connectivity index (χ0n) is 13.2. The van der Waals surface area contributed by atoms with E-state index in [4.69, 9.17) is 4.74 Å². The number of nitrogens with one attached hydrogen (secondary N) is 1. The van der Waals surface area contributed by atoms with Gasteiger partial charge in [-0.3, -0.25) is 9.59 Å². The largest absolute Gasteiger partial charge is 0.489 e. The molecule has 1 aliphatic rings. The molecule has 0 aromatic heterocycles. The summed E-state index contributed by atoms with van der Waals surface area (Å²) < 4.78 is 5.70. The fourth-order valence-corrected chi connectivity index (χ4v) is 2.51. The molecular formula is C19H19NO4. The summed E-state index contributed by atoms with van der Waals surface area (Å²) in [5.74, 6) is -0.381. The second kappa shape index (κ2) is 6.74. The van der Waals surface area contributed by atoms with E-state index in [0.29, 0.717) is 18.4 Å². The molecule has 2 aromatic rings. The van der Waals surface area contributed by atoms with Crippen molar-refractivity contribution < 1.29 is 19.4 Å². The molecule has 0 atom stereocenters. The maximum Gasteiger partial charge on any atom is 0.311 e. The predicted octanol–water partition coefficient (Wildman–Crippen LogP) is 2.86. The molecule has 2 aromatic carbocycles. The van der Waals surface area contributed by atoms with Crippen LogP contribution in [0.1, 0.15) is 28.8 Å². The molecule has 0 unspecified atom stereocenters. The van der Waals surface area contributed by atoms with Gasteiger partial charge in [0.25, 0.3) is 5.91 Å². The van der Waals surface area contributed by atoms with E-state index < -0.39 is 11.4 Å². The van der Waals surface area contributed by atoms with Crippen molar-refractivity contribution in [1.29, 1.82) is 0 Å². The zero-order valence-corrected chi connectivity index (χ0v) is 13.2. The molecule has 5 nitrogen and oxygen atoms in total. The summed E-state index contributed by atoms with van der Waals surface area (Å²) in [5, 5.41) is 11.9. The summed E-state index contributed by atoms with van der Waals surface area (Å²) in [6, 6.07) is 16.6. The number of ether oxygens (including phenoxy) is 1. The van der Waals surface area contributed by atoms with Crippen LogP contribution in [0.25, 0.3) is 0 Å². The van der Waals surface area contributed by atoms with Crippen molar-refractivity contribution in [2.75, 3.05) is 6.54 Å². The Balaban J connectivity index is 1.65. The van der Waals surface area contributed by atoms with E-state index in [1.165, 1.54) is 0 Å². The number of hydrogen-bond acceptors (Lipinski definition) is 3. The highest BCUT2D eigenvalue weighted by atomic mass is 16.5. The Morgan fingerprint density at radius 3 is 2.38 bits per heavy atom. The highest BCUT2D eigenvalue weighted by Gasteiger charge is 2.50. The van der Waals surface area contributed by atoms with Crippen molar-refractivity contribution in [3.05, 3.63) is 65.7 Å². The molecule has 0 aliphatic heterocycles. The average molecular weight is 325 g/mol. The van der Waals surface area contributed by atoms with Crippen LogP contribution in [-0.4, -0.2) is 23.5 Å². The number of benzene rings is 2. The number of rotatable bonds is 7. The Morgan fingerprint density at radius 2 is 1.71 bits per heavy atom. The lowest BCUT2D eigenvalue weighted by molar-refractivity contribution is -0.143. The van der Waals surface area contributed by atoms with Gasteiger partial charge in [0.15, 0.2) is 0 Å². The van der Waals surface area contributed by atoms with Gasteiger partial charge in [-0.2, -0.15) is 0 Å². The summed E-state index contributed by atoms with van der Waals surface area (Å²) in [5.41, 5.74) is 0.499. The van der Waals surface area contributed by atoms with Crippen LogP contribution in [-0.2, 0) is 11.4 Å². The minimum atomic E-state index is -0.844. The van der Waals surface area contributed by atoms with Crippen LogP contribution in [0.2, 0.25) is 0 Å². The molecule has 1 amide bonds. The van der Waals surface area contributed by atoms with E-state index in [2.05, 4.69) is 5.32 Å². The molecular weight excluding hydrogens is 306 g/mol. The van der Waals surface area contributed by atoms with Crippen LogP contribution in [0.15, 0.2) is 54.6 Å². The lowest BCUT2D eigenvalue weighted by atomic mass is 10.1. The monoisotopic (exact) mass is 325 g/mol. The second-order valence-corrected chi connectivity index (χ2v) is 6.03. The van der Waals surface area contributed by atoms with Gasteiger partial charge in [0.05, 0.1) is 5.41 Å². The van der Waals surface area contributed by atoms with Crippen molar-refractivity contribution >= 4 is 11.9 Å². The normalized spacial score (nSPS) is 14.7. The van der Waals surface area contributed by atoms with Gasteiger partial charge < -0.3 is 15.2 Å². The zero-order chi connectivity index (χ0) is 17.0. The molecule has 0 radical (unpaired) electrons. The fraction of sp³-hybridized carbons (Fsp3) is 0.263. The number of hydrogen-bond donors (Lipinski definition) is 2. The fourth-order valence-electron chi connectivity index (χ4n) is 2.51. The number of para-hydroxylation sites is 1. The summed E-state index contributed by atoms with van der Waals surface area (Å²) in [4.78, 5) is 23.6. The lowest BCUT2D eigenvalue weighted by Gasteiger charge is -2.14. The summed E-state index contributed by atoms with van der Waals surface area (Å²) >= 11 is 0. The van der Waals surface area contributed by atoms with Crippen LogP contribution < -0.4 is 10.1 Å². The van der Waals surface area contributed by atoms with Gasteiger partial charge >= 0.3 is 5.97 Å². The molecule has 1 saturated carbocycles. The molecule has 124 valence electrons. The summed E-state index contributed by atoms with van der Waals surface area (Å²) in [6.45, 7) is 0.437. The van der Waals surface area contributed by atoms with Gasteiger partial charge in [0.1, 0.15) is 12.4 Å². The molecule has 0 bridgehead atoms. The Hall–Kier alpha value is -2.82. The molecule has 24 heavy (non-hydrogen) atoms. The van der Waals surface area contributed by atoms with E-state index in [-0.39, 0.29) is 19.1 Å². The summed E-state index contributed by atoms with van der Waals surface area (Å²) in [6.07, 6.45) is 1.22. The van der Waals surface area contributed by atoms with Crippen LogP contribution in [0.3, 0.4) is 0 Å². The van der Waals surface area contributed by atoms with Crippen molar-refractivity contribution in [2.24, 2.45) is 5.41 Å². The number of carbonyl (C=O) groups excluding carboxylic acids is 1. The lowest BCUT2D eigenvalue weighted by Crippen LogP contribution is -2.34. The van der Waals surface area contributed by atoms with Crippen LogP contribution >= 0.6 is 0 Å². The Morgan fingerprint density at radius 1 is 1.04 bits per heavy atom. The number of carbonyl (C=O) groups is 2. The van der Waals surface area contributed by atoms with Crippen LogP contribution in [0.4, 0.5) is 0 Å². The van der Waals surface area contributed by atoms with E-state index in [1.807, 2.05) is 42.5 Å². The maximum absolute atomic E-state index is 12.4. The standard InChI is InChI=1S/C19H19NO4/c21-17(20-13-19(10-11-19)18(22)23)16-9-5-4-6-14(16)12-24-15-7-2-1-3-8-15/h1-9H,10-13H2,(H,20,21)(H,22,23). The first-order valence-electron chi connectivity index (χ1n) is 7.88. The van der Waals surface area contributed by atoms with Gasteiger partial charge in [-0.05, 0) is 31.0 Å². The van der Waals surface area contributed by atoms with Crippen molar-refractivity contribution in [1.82, 2.24) is 5.32 Å². The number of carboxylic acids is 1. The molecule has 3 rings (SSSR count). The van der Waals surface area contributed by atoms with Crippen LogP contribution in [0.5, 0.6) is 5.75 Å². The minimum Gasteiger partial charge on any atom is -0.489 e. The third-order valence-corrected chi connectivity index (χ3v) is 4.29. The Labute approximate surface area is 140 Å². The molecule has 1 fully saturated rings. The third kappa shape index (κ3) is 3.56. The molecule has 0 spiro atoms. The van der Waals surface area contributed by atoms with E-state index in [1.54, 1.807) is 12.1 Å². The maximum atomic E-state index is 12.4. The Kier molecular flexibility index (Phi) is 4.51. The van der Waals surface area contributed by atoms with E-state index >= 15 is 0 Å². The van der Waals surface area contributed by atoms with Gasteiger partial charge in [0.2, 0.25) is 0 Å². The SMILES string of the molecule is O=C(NCC1(C(=O)O)CC1)c1ccccc1COc1ccccc1. The molecule has 1 aliphatic carbocycles. The first kappa shape index (κ1) is 16.1. The Bertz CT molecular complexity index is 738. The third-order valence-electron chi connectivity index (χ3n) is 4.29. The first-order chi connectivity index (χ1) is 11.6. The number of carboxylic acid groups (broad SMARTS) is 1. The molecule has 5 heteroatoms. The van der Waals surface area contributed by atoms with Crippen molar-refractivity contribution in [3.63, 3.8) is 0 Å². The van der Waals surface area contributed by atoms with E-state index in [0.717, 1.165) is 11.3 Å². The number of amides is 1. The molecule has 2 N–H and O–H groups in total. The second-order valence-electron chi connectivity index (χ2n) is 6.03. The van der Waals surface area contributed by atoms with Crippen LogP contribution in [0, 0.1) is 5.41 Å². The predicted molar refractivity (Wildman–Crippen MR) is 88.9 cm³/mol. The molecule has 0 saturated heterocycles. The quantitative estimate of drug-likeness (QED) is 0.821. The highest BCUT2D eigenvalue weighted by molar-refractivity contribution is 5.96. The molecule has 0 heterocycles. The van der Waals surface area contributed by atoms with E-state index in [9.17, 15) is 14.7 Å². The van der Waals surface area contributed by atoms with Gasteiger partial charge in [-0.15, -0.1) is 0 Å². The van der Waals surface area contributed by atoms with Gasteiger partial charge in [-0.25, -0.2) is 0 Å². The number of aliphatic carboxylic acids is 1. The smallest absolute Gasteiger partial charge is 0.311 e. The van der Waals surface area contributed by atoms with Crippen molar-refractivity contribution in [2.45, 2.75) is 19.4 Å². The summed E-state index contributed by atoms with van der Waals surface area (Å²) in [7, 11) is 0. The average Bonchev–Trinajstić information content (AvgIpc) is 3.40. The minimum absolute atomic E-state index is 0.162. The first-order valence-corrected chi connectivity index (χ1v) is 7.88. The van der Waals surface area contributed by atoms with Gasteiger partial charge in [-0.1, -0.05) is 36.4 Å². The highest BCUT2D eigenvalue weighted by Crippen LogP contribution is 2.45. The van der Waals surface area contributed by atoms with Crippen molar-refractivity contribution in [3.8, 4) is 5.75 Å².